The van der Waals surface area contributed by atoms with E-state index in [2.05, 4.69) is 15.9 Å². The van der Waals surface area contributed by atoms with Gasteiger partial charge in [-0.25, -0.2) is 4.79 Å². The van der Waals surface area contributed by atoms with Crippen LogP contribution in [-0.2, 0) is 9.59 Å². The molecule has 2 rings (SSSR count). The molecule has 120 valence electrons. The Balaban J connectivity index is 1.76. The van der Waals surface area contributed by atoms with Gasteiger partial charge in [-0.1, -0.05) is 22.0 Å². The molecule has 1 amide bonds. The number of carbonyl (C=O) groups excluding carboxylic acids is 1. The van der Waals surface area contributed by atoms with E-state index in [1.807, 2.05) is 24.3 Å². The number of carboxylic acid groups (broad SMARTS) is 1. The molecular weight excluding hydrogens is 350 g/mol. The summed E-state index contributed by atoms with van der Waals surface area (Å²) in [5.74, 6) is -0.244. The summed E-state index contributed by atoms with van der Waals surface area (Å²) in [6, 6.07) is 6.87. The molecule has 1 aromatic carbocycles. The van der Waals surface area contributed by atoms with E-state index in [1.54, 1.807) is 0 Å². The molecule has 1 N–H and O–H groups in total. The minimum atomic E-state index is -0.904. The number of amides is 1. The summed E-state index contributed by atoms with van der Waals surface area (Å²) in [5, 5.41) is 9.18. The Kier molecular flexibility index (Phi) is 6.24. The first-order chi connectivity index (χ1) is 10.6. The van der Waals surface area contributed by atoms with Crippen molar-refractivity contribution in [3.05, 3.63) is 28.7 Å². The minimum Gasteiger partial charge on any atom is -0.494 e. The Labute approximate surface area is 138 Å². The average Bonchev–Trinajstić information content (AvgIpc) is 2.51. The molecule has 0 radical (unpaired) electrons. The Bertz CT molecular complexity index is 535. The molecule has 1 saturated heterocycles. The molecule has 0 aliphatic carbocycles. The number of nitrogens with zero attached hydrogens (tertiary/aromatic N) is 1. The summed E-state index contributed by atoms with van der Waals surface area (Å²) < 4.78 is 6.53. The summed E-state index contributed by atoms with van der Waals surface area (Å²) in [5.41, 5.74) is 0. The van der Waals surface area contributed by atoms with Crippen LogP contribution in [0.5, 0.6) is 5.75 Å². The SMILES string of the molecule is O=C(O)[C@H]1CCCCN1C(=O)CCCOc1cccc(Br)c1. The van der Waals surface area contributed by atoms with Crippen molar-refractivity contribution in [2.24, 2.45) is 0 Å². The number of halogens is 1. The maximum Gasteiger partial charge on any atom is 0.326 e. The Morgan fingerprint density at radius 3 is 2.91 bits per heavy atom. The lowest BCUT2D eigenvalue weighted by atomic mass is 10.0. The highest BCUT2D eigenvalue weighted by molar-refractivity contribution is 9.10. The lowest BCUT2D eigenvalue weighted by molar-refractivity contribution is -0.152. The first kappa shape index (κ1) is 16.8. The van der Waals surface area contributed by atoms with Gasteiger partial charge >= 0.3 is 5.97 Å². The second-order valence-corrected chi connectivity index (χ2v) is 6.26. The average molecular weight is 370 g/mol. The van der Waals surface area contributed by atoms with Crippen LogP contribution in [0.2, 0.25) is 0 Å². The summed E-state index contributed by atoms with van der Waals surface area (Å²) in [7, 11) is 0. The predicted molar refractivity (Wildman–Crippen MR) is 85.9 cm³/mol. The zero-order chi connectivity index (χ0) is 15.9. The normalized spacial score (nSPS) is 18.0. The van der Waals surface area contributed by atoms with Crippen molar-refractivity contribution >= 4 is 27.8 Å². The van der Waals surface area contributed by atoms with Gasteiger partial charge in [-0.15, -0.1) is 0 Å². The molecule has 22 heavy (non-hydrogen) atoms. The topological polar surface area (TPSA) is 66.8 Å². The van der Waals surface area contributed by atoms with Gasteiger partial charge in [0, 0.05) is 17.4 Å². The van der Waals surface area contributed by atoms with E-state index in [9.17, 15) is 14.7 Å². The van der Waals surface area contributed by atoms with Crippen molar-refractivity contribution in [3.8, 4) is 5.75 Å². The number of carboxylic acids is 1. The highest BCUT2D eigenvalue weighted by atomic mass is 79.9. The van der Waals surface area contributed by atoms with Crippen molar-refractivity contribution in [2.45, 2.75) is 38.1 Å². The number of likely N-dealkylation sites (tertiary alicyclic amines) is 1. The molecule has 1 aliphatic heterocycles. The largest absolute Gasteiger partial charge is 0.494 e. The molecule has 0 spiro atoms. The van der Waals surface area contributed by atoms with Crippen LogP contribution < -0.4 is 4.74 Å². The number of ether oxygens (including phenoxy) is 1. The van der Waals surface area contributed by atoms with E-state index >= 15 is 0 Å². The number of hydrogen-bond donors (Lipinski definition) is 1. The van der Waals surface area contributed by atoms with E-state index < -0.39 is 12.0 Å². The lowest BCUT2D eigenvalue weighted by Gasteiger charge is -2.33. The second-order valence-electron chi connectivity index (χ2n) is 5.35. The van der Waals surface area contributed by atoms with Gasteiger partial charge in [0.05, 0.1) is 6.61 Å². The van der Waals surface area contributed by atoms with Gasteiger partial charge < -0.3 is 14.7 Å². The van der Waals surface area contributed by atoms with Crippen LogP contribution in [0.15, 0.2) is 28.7 Å². The third kappa shape index (κ3) is 4.73. The summed E-state index contributed by atoms with van der Waals surface area (Å²) in [6.07, 6.45) is 3.19. The van der Waals surface area contributed by atoms with Crippen molar-refractivity contribution in [1.82, 2.24) is 4.90 Å². The third-order valence-electron chi connectivity index (χ3n) is 3.71. The zero-order valence-corrected chi connectivity index (χ0v) is 13.9. The molecule has 1 fully saturated rings. The van der Waals surface area contributed by atoms with Crippen LogP contribution in [0, 0.1) is 0 Å². The van der Waals surface area contributed by atoms with Gasteiger partial charge in [-0.2, -0.15) is 0 Å². The minimum absolute atomic E-state index is 0.0926. The number of hydrogen-bond acceptors (Lipinski definition) is 3. The van der Waals surface area contributed by atoms with Gasteiger partial charge in [-0.3, -0.25) is 4.79 Å². The number of carbonyl (C=O) groups is 2. The van der Waals surface area contributed by atoms with Crippen LogP contribution >= 0.6 is 15.9 Å². The van der Waals surface area contributed by atoms with E-state index in [1.165, 1.54) is 4.90 Å². The van der Waals surface area contributed by atoms with Crippen molar-refractivity contribution < 1.29 is 19.4 Å². The summed E-state index contributed by atoms with van der Waals surface area (Å²) in [4.78, 5) is 24.9. The molecule has 0 saturated carbocycles. The maximum absolute atomic E-state index is 12.2. The molecule has 0 aromatic heterocycles. The third-order valence-corrected chi connectivity index (χ3v) is 4.20. The molecule has 0 unspecified atom stereocenters. The zero-order valence-electron chi connectivity index (χ0n) is 12.3. The quantitative estimate of drug-likeness (QED) is 0.782. The van der Waals surface area contributed by atoms with Crippen LogP contribution in [0.3, 0.4) is 0 Å². The standard InChI is InChI=1S/C16H20BrNO4/c17-12-5-3-6-13(11-12)22-10-4-8-15(19)18-9-2-1-7-14(18)16(20)21/h3,5-6,11,14H,1-2,4,7-10H2,(H,20,21)/t14-/m1/s1. The second kappa shape index (κ2) is 8.17. The van der Waals surface area contributed by atoms with E-state index in [0.717, 1.165) is 23.1 Å². The van der Waals surface area contributed by atoms with E-state index in [4.69, 9.17) is 4.74 Å². The van der Waals surface area contributed by atoms with Crippen LogP contribution in [0.1, 0.15) is 32.1 Å². The van der Waals surface area contributed by atoms with Crippen LogP contribution in [-0.4, -0.2) is 41.1 Å². The van der Waals surface area contributed by atoms with Gasteiger partial charge in [0.25, 0.3) is 0 Å². The van der Waals surface area contributed by atoms with Crippen LogP contribution in [0.4, 0.5) is 0 Å². The lowest BCUT2D eigenvalue weighted by Crippen LogP contribution is -2.47. The Morgan fingerprint density at radius 2 is 2.18 bits per heavy atom. The summed E-state index contributed by atoms with van der Waals surface area (Å²) in [6.45, 7) is 0.982. The van der Waals surface area contributed by atoms with Gasteiger partial charge in [0.2, 0.25) is 5.91 Å². The van der Waals surface area contributed by atoms with E-state index in [0.29, 0.717) is 32.4 Å². The maximum atomic E-state index is 12.2. The fourth-order valence-electron chi connectivity index (χ4n) is 2.60. The van der Waals surface area contributed by atoms with Crippen molar-refractivity contribution in [2.75, 3.05) is 13.2 Å². The molecule has 6 heteroatoms. The first-order valence-corrected chi connectivity index (χ1v) is 8.28. The molecule has 1 aromatic rings. The number of rotatable bonds is 6. The van der Waals surface area contributed by atoms with Gasteiger partial charge in [0.15, 0.2) is 0 Å². The first-order valence-electron chi connectivity index (χ1n) is 7.48. The Morgan fingerprint density at radius 1 is 1.36 bits per heavy atom. The molecule has 0 bridgehead atoms. The van der Waals surface area contributed by atoms with Crippen molar-refractivity contribution in [1.29, 1.82) is 0 Å². The van der Waals surface area contributed by atoms with Crippen molar-refractivity contribution in [3.63, 3.8) is 0 Å². The highest BCUT2D eigenvalue weighted by Crippen LogP contribution is 2.20. The molecule has 5 nitrogen and oxygen atoms in total. The van der Waals surface area contributed by atoms with Gasteiger partial charge in [-0.05, 0) is 43.9 Å². The predicted octanol–water partition coefficient (Wildman–Crippen LogP) is 3.07. The summed E-state index contributed by atoms with van der Waals surface area (Å²) >= 11 is 3.37. The molecule has 1 atom stereocenters. The van der Waals surface area contributed by atoms with Crippen LogP contribution in [0.25, 0.3) is 0 Å². The molecule has 1 heterocycles. The molecular formula is C16H20BrNO4. The smallest absolute Gasteiger partial charge is 0.326 e. The van der Waals surface area contributed by atoms with E-state index in [-0.39, 0.29) is 5.91 Å². The Hall–Kier alpha value is -1.56. The fraction of sp³-hybridized carbons (Fsp3) is 0.500. The fourth-order valence-corrected chi connectivity index (χ4v) is 2.98. The van der Waals surface area contributed by atoms with Gasteiger partial charge in [0.1, 0.15) is 11.8 Å². The highest BCUT2D eigenvalue weighted by Gasteiger charge is 2.31. The number of aliphatic carboxylic acids is 1. The number of benzene rings is 1. The monoisotopic (exact) mass is 369 g/mol. The molecule has 1 aliphatic rings. The number of piperidine rings is 1.